The number of aryl methyl sites for hydroxylation is 1. The Morgan fingerprint density at radius 3 is 2.55 bits per heavy atom. The van der Waals surface area contributed by atoms with Gasteiger partial charge in [0.05, 0.1) is 7.11 Å². The third-order valence-electron chi connectivity index (χ3n) is 5.56. The summed E-state index contributed by atoms with van der Waals surface area (Å²) in [5, 5.41) is 0. The molecule has 0 saturated heterocycles. The van der Waals surface area contributed by atoms with E-state index in [4.69, 9.17) is 4.74 Å². The Labute approximate surface area is 173 Å². The van der Waals surface area contributed by atoms with Crippen molar-refractivity contribution < 1.29 is 4.74 Å². The van der Waals surface area contributed by atoms with Crippen LogP contribution >= 0.6 is 0 Å². The van der Waals surface area contributed by atoms with Crippen molar-refractivity contribution in [2.75, 3.05) is 26.7 Å². The van der Waals surface area contributed by atoms with E-state index in [9.17, 15) is 0 Å². The van der Waals surface area contributed by atoms with E-state index in [1.807, 2.05) is 18.3 Å². The van der Waals surface area contributed by atoms with Crippen LogP contribution in [0, 0.1) is 0 Å². The van der Waals surface area contributed by atoms with Crippen LogP contribution in [0.1, 0.15) is 24.1 Å². The Hall–Kier alpha value is -2.91. The highest BCUT2D eigenvalue weighted by Gasteiger charge is 2.12. The summed E-state index contributed by atoms with van der Waals surface area (Å²) in [6.45, 7) is 3.29. The van der Waals surface area contributed by atoms with E-state index in [0.29, 0.717) is 0 Å². The molecule has 29 heavy (non-hydrogen) atoms. The molecule has 0 bridgehead atoms. The van der Waals surface area contributed by atoms with E-state index < -0.39 is 0 Å². The number of rotatable bonds is 7. The molecule has 3 nitrogen and oxygen atoms in total. The van der Waals surface area contributed by atoms with Gasteiger partial charge >= 0.3 is 0 Å². The summed E-state index contributed by atoms with van der Waals surface area (Å²) >= 11 is 0. The molecule has 4 rings (SSSR count). The van der Waals surface area contributed by atoms with Crippen LogP contribution < -0.4 is 4.74 Å². The van der Waals surface area contributed by atoms with E-state index >= 15 is 0 Å². The molecule has 148 valence electrons. The minimum Gasteiger partial charge on any atom is -0.497 e. The molecule has 0 saturated carbocycles. The summed E-state index contributed by atoms with van der Waals surface area (Å²) in [6.07, 6.45) is 7.57. The Morgan fingerprint density at radius 2 is 1.76 bits per heavy atom. The van der Waals surface area contributed by atoms with E-state index in [2.05, 4.69) is 70.6 Å². The minimum absolute atomic E-state index is 0.883. The molecular weight excluding hydrogens is 356 g/mol. The molecule has 2 aromatic carbocycles. The number of hydrogen-bond acceptors (Lipinski definition) is 3. The van der Waals surface area contributed by atoms with E-state index in [-0.39, 0.29) is 0 Å². The van der Waals surface area contributed by atoms with E-state index in [1.165, 1.54) is 22.3 Å². The lowest BCUT2D eigenvalue weighted by Gasteiger charge is -2.26. The average molecular weight is 385 g/mol. The highest BCUT2D eigenvalue weighted by atomic mass is 16.5. The van der Waals surface area contributed by atoms with Crippen LogP contribution in [0.15, 0.2) is 79.0 Å². The first kappa shape index (κ1) is 19.4. The number of benzene rings is 2. The molecule has 0 fully saturated rings. The molecule has 2 heterocycles. The van der Waals surface area contributed by atoms with Gasteiger partial charge in [0.25, 0.3) is 0 Å². The predicted molar refractivity (Wildman–Crippen MR) is 120 cm³/mol. The zero-order valence-corrected chi connectivity index (χ0v) is 17.1. The molecule has 1 aliphatic heterocycles. The Kier molecular flexibility index (Phi) is 6.38. The van der Waals surface area contributed by atoms with Crippen LogP contribution in [0.4, 0.5) is 0 Å². The lowest BCUT2D eigenvalue weighted by atomic mass is 9.99. The summed E-state index contributed by atoms with van der Waals surface area (Å²) < 4.78 is 5.35. The highest BCUT2D eigenvalue weighted by Crippen LogP contribution is 2.25. The van der Waals surface area contributed by atoms with Crippen LogP contribution in [-0.4, -0.2) is 36.6 Å². The number of nitrogens with zero attached hydrogens (tertiary/aromatic N) is 2. The van der Waals surface area contributed by atoms with E-state index in [1.54, 1.807) is 7.11 Å². The predicted octanol–water partition coefficient (Wildman–Crippen LogP) is 5.48. The Bertz CT molecular complexity index is 965. The van der Waals surface area contributed by atoms with Crippen molar-refractivity contribution in [3.63, 3.8) is 0 Å². The zero-order chi connectivity index (χ0) is 19.9. The van der Waals surface area contributed by atoms with Gasteiger partial charge in [0.15, 0.2) is 0 Å². The molecule has 0 unspecified atom stereocenters. The molecule has 1 aliphatic rings. The topological polar surface area (TPSA) is 25.4 Å². The van der Waals surface area contributed by atoms with E-state index in [0.717, 1.165) is 50.3 Å². The number of ether oxygens (including phenoxy) is 1. The summed E-state index contributed by atoms with van der Waals surface area (Å²) in [7, 11) is 1.70. The van der Waals surface area contributed by atoms with Gasteiger partial charge in [-0.25, -0.2) is 0 Å². The Balaban J connectivity index is 1.31. The van der Waals surface area contributed by atoms with Crippen molar-refractivity contribution in [1.29, 1.82) is 0 Å². The maximum atomic E-state index is 5.35. The normalized spacial score (nSPS) is 14.4. The standard InChI is InChI=1S/C26H28N2O/c1-29-26-11-5-9-23(20-26)24-12-15-27-25(19-24)10-6-16-28-17-13-22(14-18-28)21-7-3-2-4-8-21/h2-5,7-9,11-13,15,19-20H,6,10,14,16-18H2,1H3. The molecule has 1 aromatic heterocycles. The maximum Gasteiger partial charge on any atom is 0.119 e. The number of aromatic nitrogens is 1. The summed E-state index contributed by atoms with van der Waals surface area (Å²) in [5.74, 6) is 0.883. The van der Waals surface area contributed by atoms with Gasteiger partial charge < -0.3 is 4.74 Å². The third kappa shape index (κ3) is 5.12. The lowest BCUT2D eigenvalue weighted by molar-refractivity contribution is 0.297. The van der Waals surface area contributed by atoms with Crippen LogP contribution in [0.3, 0.4) is 0 Å². The molecule has 0 atom stereocenters. The van der Waals surface area contributed by atoms with Crippen molar-refractivity contribution in [2.24, 2.45) is 0 Å². The number of pyridine rings is 1. The molecule has 3 aromatic rings. The van der Waals surface area contributed by atoms with Gasteiger partial charge in [-0.05, 0) is 72.3 Å². The lowest BCUT2D eigenvalue weighted by Crippen LogP contribution is -2.29. The molecule has 0 N–H and O–H groups in total. The third-order valence-corrected chi connectivity index (χ3v) is 5.56. The smallest absolute Gasteiger partial charge is 0.119 e. The molecule has 0 spiro atoms. The summed E-state index contributed by atoms with van der Waals surface area (Å²) in [4.78, 5) is 7.12. The fourth-order valence-electron chi connectivity index (χ4n) is 3.91. The zero-order valence-electron chi connectivity index (χ0n) is 17.1. The van der Waals surface area contributed by atoms with Gasteiger partial charge in [-0.15, -0.1) is 0 Å². The second-order valence-electron chi connectivity index (χ2n) is 7.52. The van der Waals surface area contributed by atoms with Crippen LogP contribution in [0.5, 0.6) is 5.75 Å². The van der Waals surface area contributed by atoms with Gasteiger partial charge in [0.2, 0.25) is 0 Å². The van der Waals surface area contributed by atoms with Crippen LogP contribution in [0.25, 0.3) is 16.7 Å². The van der Waals surface area contributed by atoms with Gasteiger partial charge in [-0.2, -0.15) is 0 Å². The van der Waals surface area contributed by atoms with Crippen molar-refractivity contribution >= 4 is 5.57 Å². The number of methoxy groups -OCH3 is 1. The SMILES string of the molecule is COc1cccc(-c2ccnc(CCCN3CC=C(c4ccccc4)CC3)c2)c1. The number of hydrogen-bond donors (Lipinski definition) is 0. The highest BCUT2D eigenvalue weighted by molar-refractivity contribution is 5.66. The minimum atomic E-state index is 0.883. The van der Waals surface area contributed by atoms with Gasteiger partial charge in [0, 0.05) is 25.0 Å². The largest absolute Gasteiger partial charge is 0.497 e. The first-order chi connectivity index (χ1) is 14.3. The second kappa shape index (κ2) is 9.53. The van der Waals surface area contributed by atoms with Crippen LogP contribution in [0.2, 0.25) is 0 Å². The summed E-state index contributed by atoms with van der Waals surface area (Å²) in [5.41, 5.74) is 6.37. The first-order valence-electron chi connectivity index (χ1n) is 10.4. The monoisotopic (exact) mass is 384 g/mol. The van der Waals surface area contributed by atoms with Crippen molar-refractivity contribution in [3.8, 4) is 16.9 Å². The fraction of sp³-hybridized carbons (Fsp3) is 0.269. The quantitative estimate of drug-likeness (QED) is 0.539. The second-order valence-corrected chi connectivity index (χ2v) is 7.52. The maximum absolute atomic E-state index is 5.35. The molecule has 0 radical (unpaired) electrons. The van der Waals surface area contributed by atoms with Gasteiger partial charge in [-0.1, -0.05) is 48.5 Å². The fourth-order valence-corrected chi connectivity index (χ4v) is 3.91. The Morgan fingerprint density at radius 1 is 0.931 bits per heavy atom. The molecule has 0 aliphatic carbocycles. The molecular formula is C26H28N2O. The average Bonchev–Trinajstić information content (AvgIpc) is 2.80. The van der Waals surface area contributed by atoms with Crippen molar-refractivity contribution in [2.45, 2.75) is 19.3 Å². The van der Waals surface area contributed by atoms with Crippen molar-refractivity contribution in [1.82, 2.24) is 9.88 Å². The molecule has 0 amide bonds. The van der Waals surface area contributed by atoms with Crippen LogP contribution in [-0.2, 0) is 6.42 Å². The first-order valence-corrected chi connectivity index (χ1v) is 10.4. The summed E-state index contributed by atoms with van der Waals surface area (Å²) in [6, 6.07) is 23.2. The van der Waals surface area contributed by atoms with Gasteiger partial charge in [0.1, 0.15) is 5.75 Å². The molecule has 3 heteroatoms. The van der Waals surface area contributed by atoms with Gasteiger partial charge in [-0.3, -0.25) is 9.88 Å². The van der Waals surface area contributed by atoms with Crippen molar-refractivity contribution in [3.05, 3.63) is 90.3 Å².